The molecule has 13 heterocycles. The molecule has 9 nitrogen and oxygen atoms in total. The Bertz CT molecular complexity index is 11300. The molecular formula is C129H78N4O5. The number of fused-ring (bicyclic) bond motifs is 52. The van der Waals surface area contributed by atoms with Crippen LogP contribution in [-0.4, -0.2) is 17.6 Å². The number of para-hydroxylation sites is 9. The Kier molecular flexibility index (Phi) is 13.6. The van der Waals surface area contributed by atoms with Crippen molar-refractivity contribution in [3.63, 3.8) is 0 Å². The maximum absolute atomic E-state index is 6.46. The van der Waals surface area contributed by atoms with Gasteiger partial charge in [0.25, 0.3) is 0 Å². The number of hydrogen-bond acceptors (Lipinski definition) is 5. The summed E-state index contributed by atoms with van der Waals surface area (Å²) in [5, 5.41) is 32.6. The van der Waals surface area contributed by atoms with Crippen molar-refractivity contribution in [1.82, 2.24) is 17.6 Å². The van der Waals surface area contributed by atoms with Crippen LogP contribution in [0.15, 0.2) is 386 Å². The second-order valence-electron chi connectivity index (χ2n) is 40.6. The molecule has 13 aromatic heterocycles. The van der Waals surface area contributed by atoms with Crippen LogP contribution in [0, 0.1) is 0 Å². The molecule has 0 saturated carbocycles. The first kappa shape index (κ1) is 74.1. The largest absolute Gasteiger partial charge is 0.456 e. The van der Waals surface area contributed by atoms with Gasteiger partial charge in [0.15, 0.2) is 0 Å². The van der Waals surface area contributed by atoms with Gasteiger partial charge in [0.2, 0.25) is 0 Å². The highest BCUT2D eigenvalue weighted by Crippen LogP contribution is 2.61. The number of rotatable bonds is 0. The summed E-state index contributed by atoms with van der Waals surface area (Å²) in [6, 6.07) is 132. The lowest BCUT2D eigenvalue weighted by atomic mass is 9.80. The average molecular weight is 1760 g/mol. The van der Waals surface area contributed by atoms with Gasteiger partial charge in [-0.15, -0.1) is 0 Å². The lowest BCUT2D eigenvalue weighted by Crippen LogP contribution is -2.15. The second-order valence-corrected chi connectivity index (χ2v) is 40.6. The minimum atomic E-state index is -0.0776. The predicted molar refractivity (Wildman–Crippen MR) is 573 cm³/mol. The van der Waals surface area contributed by atoms with Crippen LogP contribution in [0.2, 0.25) is 0 Å². The van der Waals surface area contributed by atoms with Gasteiger partial charge in [-0.05, 0) is 170 Å². The molecule has 644 valence electrons. The molecule has 20 aromatic carbocycles. The third-order valence-electron chi connectivity index (χ3n) is 32.8. The highest BCUT2D eigenvalue weighted by molar-refractivity contribution is 6.37. The van der Waals surface area contributed by atoms with Crippen molar-refractivity contribution in [3.05, 3.63) is 397 Å². The van der Waals surface area contributed by atoms with Crippen LogP contribution in [0.4, 0.5) is 0 Å². The Morgan fingerprint density at radius 3 is 0.891 bits per heavy atom. The minimum Gasteiger partial charge on any atom is -0.456 e. The van der Waals surface area contributed by atoms with Crippen molar-refractivity contribution in [2.24, 2.45) is 0 Å². The highest BCUT2D eigenvalue weighted by Gasteiger charge is 2.43. The molecule has 9 heteroatoms. The van der Waals surface area contributed by atoms with E-state index < -0.39 is 0 Å². The molecule has 0 N–H and O–H groups in total. The maximum Gasteiger partial charge on any atom is 0.145 e. The normalized spacial score (nSPS) is 14.3. The zero-order valence-corrected chi connectivity index (χ0v) is 76.0. The summed E-state index contributed by atoms with van der Waals surface area (Å²) in [6.45, 7) is 14.3. The molecule has 0 radical (unpaired) electrons. The topological polar surface area (TPSA) is 83.3 Å². The van der Waals surface area contributed by atoms with E-state index in [2.05, 4.69) is 387 Å². The summed E-state index contributed by atoms with van der Waals surface area (Å²) in [4.78, 5) is 0. The zero-order valence-electron chi connectivity index (χ0n) is 76.0. The fourth-order valence-corrected chi connectivity index (χ4v) is 26.9. The van der Waals surface area contributed by atoms with Crippen LogP contribution >= 0.6 is 0 Å². The monoisotopic (exact) mass is 1760 g/mol. The van der Waals surface area contributed by atoms with Crippen LogP contribution in [0.3, 0.4) is 0 Å². The maximum atomic E-state index is 6.46. The van der Waals surface area contributed by atoms with Crippen molar-refractivity contribution in [2.45, 2.75) is 57.8 Å². The molecule has 0 amide bonds. The van der Waals surface area contributed by atoms with Crippen LogP contribution in [-0.2, 0) is 16.2 Å². The van der Waals surface area contributed by atoms with Crippen LogP contribution in [0.25, 0.3) is 295 Å². The number of benzene rings is 20. The smallest absolute Gasteiger partial charge is 0.145 e. The predicted octanol–water partition coefficient (Wildman–Crippen LogP) is 35.8. The number of nitrogens with zero attached hydrogens (tertiary/aromatic N) is 4. The molecule has 0 bridgehead atoms. The Hall–Kier alpha value is -17.4. The van der Waals surface area contributed by atoms with Crippen LogP contribution in [0.1, 0.15) is 74.9 Å². The summed E-state index contributed by atoms with van der Waals surface area (Å²) in [5.41, 5.74) is 41.0. The fourth-order valence-electron chi connectivity index (χ4n) is 26.9. The molecule has 33 aromatic rings. The SMILES string of the molecule is CC1(C)c2ccccc2-c2c1cc1c3cc4c(cc3n3c5ccccc5c2c13)oc1ccccc14.CC1(C)c2ccccc2-c2c1cc1c3ccccc3n3c4cc5oc6ccccc6c5cc4c2c13.CC1(C)c2ccccc2-c2cc3c4ccccc4n4c5cc6oc7ccccc7c6cc5c(c21)c34.c1ccc2c(c1)oc1cc3c(cc12)c1cc2c4ccccc4oc2c2c4ccccc4n3c12. The third kappa shape index (κ3) is 9.01. The van der Waals surface area contributed by atoms with Crippen molar-refractivity contribution < 1.29 is 22.1 Å². The minimum absolute atomic E-state index is 0.0466. The van der Waals surface area contributed by atoms with E-state index in [-0.39, 0.29) is 16.2 Å². The fraction of sp³-hybridized carbons (Fsp3) is 0.0698. The second kappa shape index (κ2) is 25.4. The molecule has 0 aliphatic heterocycles. The van der Waals surface area contributed by atoms with Gasteiger partial charge in [-0.25, -0.2) is 0 Å². The molecule has 0 saturated heterocycles. The Labute approximate surface area is 784 Å². The molecule has 3 aliphatic carbocycles. The van der Waals surface area contributed by atoms with E-state index in [1.807, 2.05) is 36.4 Å². The van der Waals surface area contributed by atoms with Gasteiger partial charge in [-0.1, -0.05) is 278 Å². The van der Waals surface area contributed by atoms with Gasteiger partial charge in [0, 0.05) is 175 Å². The summed E-state index contributed by atoms with van der Waals surface area (Å²) in [7, 11) is 0. The van der Waals surface area contributed by atoms with Gasteiger partial charge in [0.1, 0.15) is 55.8 Å². The van der Waals surface area contributed by atoms with Crippen molar-refractivity contribution in [1.29, 1.82) is 0 Å². The molecule has 0 atom stereocenters. The van der Waals surface area contributed by atoms with Gasteiger partial charge < -0.3 is 39.7 Å². The highest BCUT2D eigenvalue weighted by atomic mass is 16.3. The molecule has 36 rings (SSSR count). The average Bonchev–Trinajstić information content (AvgIpc) is 1.53. The summed E-state index contributed by atoms with van der Waals surface area (Å²) in [5.74, 6) is 0. The van der Waals surface area contributed by atoms with E-state index >= 15 is 0 Å². The summed E-state index contributed by atoms with van der Waals surface area (Å²) < 4.78 is 41.5. The van der Waals surface area contributed by atoms with Crippen LogP contribution < -0.4 is 0 Å². The molecular weight excluding hydrogens is 1690 g/mol. The van der Waals surface area contributed by atoms with E-state index in [0.717, 1.165) is 72.0 Å². The lowest BCUT2D eigenvalue weighted by molar-refractivity contribution is 0.661. The Balaban J connectivity index is 0.0000000821. The van der Waals surface area contributed by atoms with Crippen molar-refractivity contribution in [3.8, 4) is 33.4 Å². The first-order valence-electron chi connectivity index (χ1n) is 48.1. The van der Waals surface area contributed by atoms with E-state index in [0.29, 0.717) is 0 Å². The molecule has 3 aliphatic rings. The first-order chi connectivity index (χ1) is 67.7. The molecule has 138 heavy (non-hydrogen) atoms. The van der Waals surface area contributed by atoms with Gasteiger partial charge >= 0.3 is 0 Å². The standard InChI is InChI=1S/3C33H21NO.C30H15NO2/c1-33(2)24-12-6-3-10-19(24)30-25(33)16-23-21-15-22-18-9-5-8-14-28(18)35-29(22)17-27(21)34-26-13-7-4-11-20(26)31(30)32(23)34;1-33(2)24-12-6-3-11-20(24)30-25(33)16-22-18-9-4-7-13-26(18)34-27-17-29-21(15-23(27)31(30)32(22)34)19-10-5-8-14-28(19)35-29;1-33(2)25-12-6-3-9-18(25)22-16-23-19-10-4-7-13-26(19)34-27-17-29-21(20-11-5-8-14-28(20)35-29)15-24(27)30(31(22)33)32(23)34;1-4-10-23-18(9-1)28-29-21(14-22-17-8-3-6-12-26(17)33-30(22)28)19-13-20-16-7-2-5-11-25(16)32-27(20)15-24(19)31(23)29/h3*3-17H,1-2H3;1-15H. The van der Waals surface area contributed by atoms with Crippen molar-refractivity contribution >= 4 is 262 Å². The summed E-state index contributed by atoms with van der Waals surface area (Å²) in [6.07, 6.45) is 0. The first-order valence-corrected chi connectivity index (χ1v) is 48.1. The van der Waals surface area contributed by atoms with Gasteiger partial charge in [-0.3, -0.25) is 0 Å². The molecule has 0 spiro atoms. The molecule has 0 unspecified atom stereocenters. The zero-order chi connectivity index (χ0) is 90.4. The quantitative estimate of drug-likeness (QED) is 0.151. The molecule has 0 fully saturated rings. The third-order valence-corrected chi connectivity index (χ3v) is 32.8. The Morgan fingerprint density at radius 2 is 0.449 bits per heavy atom. The van der Waals surface area contributed by atoms with Crippen LogP contribution in [0.5, 0.6) is 0 Å². The number of furan rings is 5. The lowest BCUT2D eigenvalue weighted by Gasteiger charge is -2.22. The van der Waals surface area contributed by atoms with E-state index in [4.69, 9.17) is 22.1 Å². The summed E-state index contributed by atoms with van der Waals surface area (Å²) >= 11 is 0. The van der Waals surface area contributed by atoms with Gasteiger partial charge in [0.05, 0.1) is 71.6 Å². The van der Waals surface area contributed by atoms with Crippen molar-refractivity contribution in [2.75, 3.05) is 0 Å². The van der Waals surface area contributed by atoms with E-state index in [1.54, 1.807) is 0 Å². The van der Waals surface area contributed by atoms with E-state index in [9.17, 15) is 0 Å². The number of hydrogen-bond donors (Lipinski definition) is 0. The van der Waals surface area contributed by atoms with E-state index in [1.165, 1.54) is 257 Å². The van der Waals surface area contributed by atoms with Gasteiger partial charge in [-0.2, -0.15) is 0 Å². The number of aromatic nitrogens is 4. The Morgan fingerprint density at radius 1 is 0.167 bits per heavy atom.